The van der Waals surface area contributed by atoms with Gasteiger partial charge in [0.2, 0.25) is 5.91 Å². The number of ether oxygens (including phenoxy) is 2. The number of amides is 1. The number of carbonyl (C=O) groups is 1. The molecule has 5 heteroatoms. The van der Waals surface area contributed by atoms with Gasteiger partial charge in [0.25, 0.3) is 0 Å². The number of benzene rings is 3. The third-order valence-electron chi connectivity index (χ3n) is 6.60. The summed E-state index contributed by atoms with van der Waals surface area (Å²) in [6.07, 6.45) is 2.18. The number of carbonyl (C=O) groups excluding carboxylic acids is 1. The number of likely N-dealkylation sites (tertiary alicyclic amines) is 1. The van der Waals surface area contributed by atoms with Crippen LogP contribution in [-0.2, 0) is 4.79 Å². The van der Waals surface area contributed by atoms with Crippen molar-refractivity contribution < 1.29 is 19.4 Å². The minimum atomic E-state index is -0.327. The first-order chi connectivity index (χ1) is 16.1. The summed E-state index contributed by atoms with van der Waals surface area (Å²) in [6.45, 7) is 1.48. The summed E-state index contributed by atoms with van der Waals surface area (Å²) < 4.78 is 10.9. The largest absolute Gasteiger partial charge is 0.507 e. The molecule has 33 heavy (non-hydrogen) atoms. The first-order valence-electron chi connectivity index (χ1n) is 11.4. The lowest BCUT2D eigenvalue weighted by molar-refractivity contribution is -0.132. The van der Waals surface area contributed by atoms with E-state index in [0.29, 0.717) is 23.0 Å². The Bertz CT molecular complexity index is 1060. The van der Waals surface area contributed by atoms with E-state index in [1.807, 2.05) is 41.3 Å². The summed E-state index contributed by atoms with van der Waals surface area (Å²) in [6, 6.07) is 23.7. The van der Waals surface area contributed by atoms with Crippen molar-refractivity contribution in [2.45, 2.75) is 31.1 Å². The van der Waals surface area contributed by atoms with E-state index in [4.69, 9.17) is 9.47 Å². The maximum absolute atomic E-state index is 13.4. The van der Waals surface area contributed by atoms with Crippen molar-refractivity contribution in [2.24, 2.45) is 0 Å². The Kier molecular flexibility index (Phi) is 7.18. The van der Waals surface area contributed by atoms with Crippen molar-refractivity contribution in [3.63, 3.8) is 0 Å². The molecule has 5 nitrogen and oxygen atoms in total. The second-order valence-electron chi connectivity index (χ2n) is 8.50. The van der Waals surface area contributed by atoms with Crippen molar-refractivity contribution in [1.29, 1.82) is 0 Å². The Morgan fingerprint density at radius 3 is 2.21 bits per heavy atom. The molecule has 3 aromatic carbocycles. The van der Waals surface area contributed by atoms with Gasteiger partial charge < -0.3 is 19.5 Å². The number of nitrogens with zero attached hydrogens (tertiary/aromatic N) is 1. The van der Waals surface area contributed by atoms with Gasteiger partial charge in [0.05, 0.1) is 14.2 Å². The molecular weight excluding hydrogens is 414 g/mol. The monoisotopic (exact) mass is 445 g/mol. The third-order valence-corrected chi connectivity index (χ3v) is 6.60. The van der Waals surface area contributed by atoms with Crippen LogP contribution in [0.25, 0.3) is 0 Å². The van der Waals surface area contributed by atoms with Crippen LogP contribution < -0.4 is 9.47 Å². The van der Waals surface area contributed by atoms with Crippen LogP contribution in [0.1, 0.15) is 47.8 Å². The normalized spacial score (nSPS) is 15.2. The van der Waals surface area contributed by atoms with Crippen LogP contribution in [0.3, 0.4) is 0 Å². The van der Waals surface area contributed by atoms with Crippen molar-refractivity contribution >= 4 is 5.91 Å². The highest BCUT2D eigenvalue weighted by atomic mass is 16.5. The van der Waals surface area contributed by atoms with Gasteiger partial charge in [-0.2, -0.15) is 0 Å². The molecule has 0 saturated carbocycles. The van der Waals surface area contributed by atoms with Gasteiger partial charge in [0.15, 0.2) is 0 Å². The molecule has 1 N–H and O–H groups in total. The van der Waals surface area contributed by atoms with Gasteiger partial charge in [-0.05, 0) is 29.9 Å². The number of phenolic OH excluding ortho intramolecular Hbond substituents is 1. The molecule has 1 aliphatic rings. The van der Waals surface area contributed by atoms with E-state index < -0.39 is 0 Å². The molecule has 1 atom stereocenters. The molecule has 4 rings (SSSR count). The number of rotatable bonds is 7. The number of aromatic hydroxyl groups is 1. The lowest BCUT2D eigenvalue weighted by Crippen LogP contribution is -2.38. The molecular formula is C28H31NO4. The van der Waals surface area contributed by atoms with Crippen molar-refractivity contribution in [1.82, 2.24) is 4.90 Å². The highest BCUT2D eigenvalue weighted by molar-refractivity contribution is 5.78. The topological polar surface area (TPSA) is 59.0 Å². The molecule has 1 heterocycles. The van der Waals surface area contributed by atoms with Crippen molar-refractivity contribution in [3.8, 4) is 17.2 Å². The van der Waals surface area contributed by atoms with Crippen molar-refractivity contribution in [3.05, 3.63) is 89.5 Å². The third kappa shape index (κ3) is 5.14. The molecule has 0 radical (unpaired) electrons. The predicted octanol–water partition coefficient (Wildman–Crippen LogP) is 5.34. The van der Waals surface area contributed by atoms with Crippen LogP contribution in [0.4, 0.5) is 0 Å². The van der Waals surface area contributed by atoms with Crippen LogP contribution in [-0.4, -0.2) is 43.2 Å². The zero-order valence-corrected chi connectivity index (χ0v) is 19.2. The van der Waals surface area contributed by atoms with E-state index in [-0.39, 0.29) is 24.0 Å². The number of piperidine rings is 1. The molecule has 1 fully saturated rings. The molecule has 172 valence electrons. The summed E-state index contributed by atoms with van der Waals surface area (Å²) in [5.74, 6) is 1.34. The van der Waals surface area contributed by atoms with E-state index in [9.17, 15) is 9.90 Å². The average Bonchev–Trinajstić information content (AvgIpc) is 2.88. The Morgan fingerprint density at radius 2 is 1.61 bits per heavy atom. The lowest BCUT2D eigenvalue weighted by Gasteiger charge is -2.33. The molecule has 0 aliphatic carbocycles. The van der Waals surface area contributed by atoms with E-state index in [2.05, 4.69) is 24.3 Å². The zero-order chi connectivity index (χ0) is 23.2. The molecule has 1 amide bonds. The molecule has 1 aliphatic heterocycles. The van der Waals surface area contributed by atoms with Gasteiger partial charge >= 0.3 is 0 Å². The zero-order valence-electron chi connectivity index (χ0n) is 19.2. The van der Waals surface area contributed by atoms with Gasteiger partial charge in [0.1, 0.15) is 17.2 Å². The van der Waals surface area contributed by atoms with E-state index in [0.717, 1.165) is 31.5 Å². The summed E-state index contributed by atoms with van der Waals surface area (Å²) in [5.41, 5.74) is 2.92. The Hall–Kier alpha value is -3.47. The minimum Gasteiger partial charge on any atom is -0.507 e. The molecule has 0 spiro atoms. The van der Waals surface area contributed by atoms with Gasteiger partial charge in [-0.3, -0.25) is 4.79 Å². The van der Waals surface area contributed by atoms with Crippen LogP contribution in [0.2, 0.25) is 0 Å². The first-order valence-corrected chi connectivity index (χ1v) is 11.4. The second-order valence-corrected chi connectivity index (χ2v) is 8.50. The van der Waals surface area contributed by atoms with Gasteiger partial charge in [-0.1, -0.05) is 60.7 Å². The minimum absolute atomic E-state index is 0.0654. The summed E-state index contributed by atoms with van der Waals surface area (Å²) in [7, 11) is 3.11. The Morgan fingerprint density at radius 1 is 0.970 bits per heavy atom. The van der Waals surface area contributed by atoms with Gasteiger partial charge in [0, 0.05) is 43.1 Å². The SMILES string of the molecule is COc1cc(O)c(C(CC(=O)N2CCC(c3ccccc3)CC2)c2ccccc2)c(OC)c1. The van der Waals surface area contributed by atoms with E-state index in [1.54, 1.807) is 26.4 Å². The van der Waals surface area contributed by atoms with Gasteiger partial charge in [-0.25, -0.2) is 0 Å². The molecule has 0 bridgehead atoms. The second kappa shape index (κ2) is 10.4. The Balaban J connectivity index is 1.56. The number of hydrogen-bond acceptors (Lipinski definition) is 4. The number of hydrogen-bond donors (Lipinski definition) is 1. The summed E-state index contributed by atoms with van der Waals surface area (Å²) in [4.78, 5) is 15.4. The molecule has 3 aromatic rings. The molecule has 1 unspecified atom stereocenters. The van der Waals surface area contributed by atoms with Crippen LogP contribution in [0.15, 0.2) is 72.8 Å². The molecule has 0 aromatic heterocycles. The molecule has 1 saturated heterocycles. The lowest BCUT2D eigenvalue weighted by atomic mass is 9.85. The maximum atomic E-state index is 13.4. The first kappa shape index (κ1) is 22.7. The quantitative estimate of drug-likeness (QED) is 0.533. The number of phenols is 1. The highest BCUT2D eigenvalue weighted by Gasteiger charge is 2.30. The Labute approximate surface area is 195 Å². The highest BCUT2D eigenvalue weighted by Crippen LogP contribution is 2.43. The average molecular weight is 446 g/mol. The van der Waals surface area contributed by atoms with E-state index in [1.165, 1.54) is 5.56 Å². The fourth-order valence-electron chi connectivity index (χ4n) is 4.79. The van der Waals surface area contributed by atoms with Crippen LogP contribution >= 0.6 is 0 Å². The van der Waals surface area contributed by atoms with Crippen LogP contribution in [0.5, 0.6) is 17.2 Å². The fraction of sp³-hybridized carbons (Fsp3) is 0.321. The smallest absolute Gasteiger partial charge is 0.223 e. The van der Waals surface area contributed by atoms with Crippen LogP contribution in [0, 0.1) is 0 Å². The maximum Gasteiger partial charge on any atom is 0.223 e. The van der Waals surface area contributed by atoms with Crippen molar-refractivity contribution in [2.75, 3.05) is 27.3 Å². The van der Waals surface area contributed by atoms with Gasteiger partial charge in [-0.15, -0.1) is 0 Å². The summed E-state index contributed by atoms with van der Waals surface area (Å²) >= 11 is 0. The fourth-order valence-corrected chi connectivity index (χ4v) is 4.79. The van der Waals surface area contributed by atoms with E-state index >= 15 is 0 Å². The number of methoxy groups -OCH3 is 2. The summed E-state index contributed by atoms with van der Waals surface area (Å²) in [5, 5.41) is 10.9. The predicted molar refractivity (Wildman–Crippen MR) is 129 cm³/mol. The standard InChI is InChI=1S/C28H31NO4/c1-32-23-17-25(30)28(26(18-23)33-2)24(22-11-7-4-8-12-22)19-27(31)29-15-13-21(14-16-29)20-9-5-3-6-10-20/h3-12,17-18,21,24,30H,13-16,19H2,1-2H3.